The Balaban J connectivity index is 2.36. The van der Waals surface area contributed by atoms with Crippen molar-refractivity contribution in [2.75, 3.05) is 33.9 Å². The van der Waals surface area contributed by atoms with Gasteiger partial charge in [0.2, 0.25) is 0 Å². The maximum absolute atomic E-state index is 13.1. The number of ether oxygens (including phenoxy) is 3. The fourth-order valence-corrected chi connectivity index (χ4v) is 3.38. The number of methoxy groups -OCH3 is 2. The van der Waals surface area contributed by atoms with Crippen LogP contribution in [-0.2, 0) is 25.6 Å². The van der Waals surface area contributed by atoms with E-state index in [1.54, 1.807) is 7.11 Å². The summed E-state index contributed by atoms with van der Waals surface area (Å²) in [6.45, 7) is 7.44. The lowest BCUT2D eigenvalue weighted by Gasteiger charge is -2.37. The van der Waals surface area contributed by atoms with E-state index in [0.717, 1.165) is 31.5 Å². The fraction of sp³-hybridized carbons (Fsp3) is 0.619. The molecule has 0 spiro atoms. The largest absolute Gasteiger partial charge is 0.496 e. The lowest BCUT2D eigenvalue weighted by Crippen LogP contribution is -2.55. The Morgan fingerprint density at radius 3 is 2.36 bits per heavy atom. The highest BCUT2D eigenvalue weighted by Crippen LogP contribution is 2.24. The second kappa shape index (κ2) is 9.89. The van der Waals surface area contributed by atoms with Crippen LogP contribution in [0.2, 0.25) is 0 Å². The molecule has 2 rings (SSSR count). The van der Waals surface area contributed by atoms with Crippen molar-refractivity contribution in [3.8, 4) is 5.75 Å². The molecule has 1 aliphatic heterocycles. The molecule has 7 nitrogen and oxygen atoms in total. The Morgan fingerprint density at radius 2 is 1.79 bits per heavy atom. The molecule has 1 aliphatic rings. The molecule has 7 heteroatoms. The molecule has 0 radical (unpaired) electrons. The van der Waals surface area contributed by atoms with Crippen molar-refractivity contribution in [3.05, 3.63) is 29.8 Å². The zero-order valence-corrected chi connectivity index (χ0v) is 17.6. The molecule has 0 N–H and O–H groups in total. The van der Waals surface area contributed by atoms with Gasteiger partial charge < -0.3 is 14.2 Å². The van der Waals surface area contributed by atoms with Gasteiger partial charge in [0.15, 0.2) is 6.17 Å². The van der Waals surface area contributed by atoms with Crippen LogP contribution in [0.15, 0.2) is 24.3 Å². The molecule has 1 atom stereocenters. The Bertz CT molecular complexity index is 665. The number of benzene rings is 1. The number of hydrogen-bond donors (Lipinski definition) is 0. The molecule has 0 aliphatic carbocycles. The zero-order chi connectivity index (χ0) is 20.7. The number of para-hydroxylation sites is 1. The van der Waals surface area contributed by atoms with E-state index >= 15 is 0 Å². The molecule has 1 unspecified atom stereocenters. The smallest absolute Gasteiger partial charge is 0.339 e. The van der Waals surface area contributed by atoms with Crippen LogP contribution in [0, 0.1) is 0 Å². The molecule has 28 heavy (non-hydrogen) atoms. The molecule has 1 aromatic rings. The highest BCUT2D eigenvalue weighted by atomic mass is 16.6. The van der Waals surface area contributed by atoms with Crippen LogP contribution < -0.4 is 4.74 Å². The summed E-state index contributed by atoms with van der Waals surface area (Å²) < 4.78 is 16.0. The number of carbonyl (C=O) groups is 2. The molecule has 1 fully saturated rings. The molecular formula is C21H32N2O5. The van der Waals surface area contributed by atoms with E-state index in [1.165, 1.54) is 7.11 Å². The SMILES string of the molecule is COC(=O)CN(Cc1ccccc1OC)C(C(=O)OC(C)(C)C)N1CCCC1. The van der Waals surface area contributed by atoms with Crippen LogP contribution in [0.4, 0.5) is 0 Å². The first-order valence-corrected chi connectivity index (χ1v) is 9.65. The van der Waals surface area contributed by atoms with Crippen LogP contribution in [0.5, 0.6) is 5.75 Å². The van der Waals surface area contributed by atoms with Crippen molar-refractivity contribution >= 4 is 11.9 Å². The number of rotatable bonds is 8. The number of likely N-dealkylation sites (tertiary alicyclic amines) is 1. The fourth-order valence-electron chi connectivity index (χ4n) is 3.38. The summed E-state index contributed by atoms with van der Waals surface area (Å²) in [5.41, 5.74) is 0.276. The molecular weight excluding hydrogens is 360 g/mol. The van der Waals surface area contributed by atoms with E-state index < -0.39 is 17.7 Å². The minimum absolute atomic E-state index is 0.0189. The van der Waals surface area contributed by atoms with Crippen LogP contribution in [0.3, 0.4) is 0 Å². The van der Waals surface area contributed by atoms with Crippen LogP contribution >= 0.6 is 0 Å². The summed E-state index contributed by atoms with van der Waals surface area (Å²) in [6.07, 6.45) is 1.37. The minimum atomic E-state index is -0.661. The first-order chi connectivity index (χ1) is 13.2. The van der Waals surface area contributed by atoms with Gasteiger partial charge in [0.05, 0.1) is 20.8 Å². The maximum Gasteiger partial charge on any atom is 0.339 e. The van der Waals surface area contributed by atoms with Gasteiger partial charge in [-0.3, -0.25) is 14.6 Å². The Morgan fingerprint density at radius 1 is 1.14 bits per heavy atom. The van der Waals surface area contributed by atoms with Gasteiger partial charge in [0.1, 0.15) is 11.4 Å². The summed E-state index contributed by atoms with van der Waals surface area (Å²) in [7, 11) is 2.96. The Labute approximate surface area is 167 Å². The number of nitrogens with zero attached hydrogens (tertiary/aromatic N) is 2. The first-order valence-electron chi connectivity index (χ1n) is 9.65. The van der Waals surface area contributed by atoms with Gasteiger partial charge in [-0.2, -0.15) is 0 Å². The van der Waals surface area contributed by atoms with Crippen LogP contribution in [0.25, 0.3) is 0 Å². The minimum Gasteiger partial charge on any atom is -0.496 e. The third kappa shape index (κ3) is 6.21. The summed E-state index contributed by atoms with van der Waals surface area (Å²) in [5, 5.41) is 0. The molecule has 1 saturated heterocycles. The van der Waals surface area contributed by atoms with Crippen molar-refractivity contribution in [3.63, 3.8) is 0 Å². The third-order valence-corrected chi connectivity index (χ3v) is 4.58. The molecule has 156 valence electrons. The van der Waals surface area contributed by atoms with Gasteiger partial charge in [0.25, 0.3) is 0 Å². The predicted molar refractivity (Wildman–Crippen MR) is 106 cm³/mol. The number of carbonyl (C=O) groups excluding carboxylic acids is 2. The van der Waals surface area contributed by atoms with Gasteiger partial charge in [0, 0.05) is 25.2 Å². The van der Waals surface area contributed by atoms with Gasteiger partial charge in [-0.05, 0) is 39.7 Å². The number of hydrogen-bond acceptors (Lipinski definition) is 7. The Kier molecular flexibility index (Phi) is 7.83. The van der Waals surface area contributed by atoms with E-state index in [-0.39, 0.29) is 12.5 Å². The maximum atomic E-state index is 13.1. The van der Waals surface area contributed by atoms with E-state index in [1.807, 2.05) is 49.9 Å². The second-order valence-corrected chi connectivity index (χ2v) is 7.94. The van der Waals surface area contributed by atoms with Gasteiger partial charge >= 0.3 is 11.9 Å². The monoisotopic (exact) mass is 392 g/mol. The van der Waals surface area contributed by atoms with Crippen molar-refractivity contribution in [2.45, 2.75) is 51.9 Å². The normalized spacial score (nSPS) is 16.1. The molecule has 1 aromatic carbocycles. The van der Waals surface area contributed by atoms with Crippen LogP contribution in [0.1, 0.15) is 39.2 Å². The first kappa shape index (κ1) is 22.2. The zero-order valence-electron chi connectivity index (χ0n) is 17.6. The quantitative estimate of drug-likeness (QED) is 0.630. The lowest BCUT2D eigenvalue weighted by atomic mass is 10.1. The van der Waals surface area contributed by atoms with Crippen molar-refractivity contribution in [2.24, 2.45) is 0 Å². The summed E-state index contributed by atoms with van der Waals surface area (Å²) in [6, 6.07) is 7.59. The van der Waals surface area contributed by atoms with Crippen molar-refractivity contribution < 1.29 is 23.8 Å². The molecule has 1 heterocycles. The van der Waals surface area contributed by atoms with Gasteiger partial charge in [-0.1, -0.05) is 18.2 Å². The van der Waals surface area contributed by atoms with E-state index in [9.17, 15) is 9.59 Å². The average molecular weight is 392 g/mol. The molecule has 0 amide bonds. The summed E-state index contributed by atoms with van der Waals surface area (Å²) in [4.78, 5) is 29.1. The lowest BCUT2D eigenvalue weighted by molar-refractivity contribution is -0.170. The standard InChI is InChI=1S/C21H32N2O5/c1-21(2,3)28-20(25)19(22-12-8-9-13-22)23(15-18(24)27-5)14-16-10-6-7-11-17(16)26-4/h6-7,10-11,19H,8-9,12-15H2,1-5H3. The summed E-state index contributed by atoms with van der Waals surface area (Å²) >= 11 is 0. The average Bonchev–Trinajstić information content (AvgIpc) is 3.14. The third-order valence-electron chi connectivity index (χ3n) is 4.58. The predicted octanol–water partition coefficient (Wildman–Crippen LogP) is 2.43. The summed E-state index contributed by atoms with van der Waals surface area (Å²) in [5.74, 6) is -0.0439. The Hall–Kier alpha value is -2.12. The molecule has 0 saturated carbocycles. The van der Waals surface area contributed by atoms with E-state index in [4.69, 9.17) is 14.2 Å². The van der Waals surface area contributed by atoms with Crippen molar-refractivity contribution in [1.29, 1.82) is 0 Å². The van der Waals surface area contributed by atoms with Crippen molar-refractivity contribution in [1.82, 2.24) is 9.80 Å². The van der Waals surface area contributed by atoms with Gasteiger partial charge in [-0.15, -0.1) is 0 Å². The topological polar surface area (TPSA) is 68.3 Å². The highest BCUT2D eigenvalue weighted by Gasteiger charge is 2.38. The second-order valence-electron chi connectivity index (χ2n) is 7.94. The number of esters is 2. The van der Waals surface area contributed by atoms with Crippen LogP contribution in [-0.4, -0.2) is 67.4 Å². The molecule has 0 aromatic heterocycles. The van der Waals surface area contributed by atoms with E-state index in [2.05, 4.69) is 4.90 Å². The molecule has 0 bridgehead atoms. The van der Waals surface area contributed by atoms with E-state index in [0.29, 0.717) is 12.3 Å². The highest BCUT2D eigenvalue weighted by molar-refractivity contribution is 5.78. The van der Waals surface area contributed by atoms with Gasteiger partial charge in [-0.25, -0.2) is 4.79 Å².